The Morgan fingerprint density at radius 3 is 2.79 bits per heavy atom. The third-order valence-electron chi connectivity index (χ3n) is 3.93. The molecule has 0 radical (unpaired) electrons. The van der Waals surface area contributed by atoms with Gasteiger partial charge in [-0.2, -0.15) is 5.10 Å². The Kier molecular flexibility index (Phi) is 5.36. The molecule has 0 spiro atoms. The molecular formula is C14H26N4O. The van der Waals surface area contributed by atoms with Gasteiger partial charge in [0, 0.05) is 44.5 Å². The highest BCUT2D eigenvalue weighted by atomic mass is 16.5. The fourth-order valence-electron chi connectivity index (χ4n) is 2.63. The molecule has 1 aromatic rings. The first kappa shape index (κ1) is 14.5. The summed E-state index contributed by atoms with van der Waals surface area (Å²) in [5, 5.41) is 4.25. The van der Waals surface area contributed by atoms with E-state index in [1.54, 1.807) is 0 Å². The van der Waals surface area contributed by atoms with Gasteiger partial charge in [0.2, 0.25) is 0 Å². The molecule has 2 heterocycles. The number of hydrogen-bond acceptors (Lipinski definition) is 4. The number of hydrogen-bond donors (Lipinski definition) is 1. The lowest BCUT2D eigenvalue weighted by atomic mass is 10.0. The van der Waals surface area contributed by atoms with Crippen molar-refractivity contribution >= 4 is 0 Å². The lowest BCUT2D eigenvalue weighted by Gasteiger charge is -2.35. The van der Waals surface area contributed by atoms with Crippen LogP contribution in [0.2, 0.25) is 0 Å². The molecule has 1 fully saturated rings. The van der Waals surface area contributed by atoms with E-state index in [2.05, 4.69) is 23.1 Å². The predicted molar refractivity (Wildman–Crippen MR) is 75.8 cm³/mol. The van der Waals surface area contributed by atoms with Gasteiger partial charge in [0.25, 0.3) is 0 Å². The highest BCUT2D eigenvalue weighted by Crippen LogP contribution is 2.24. The number of nitrogens with zero attached hydrogens (tertiary/aromatic N) is 3. The van der Waals surface area contributed by atoms with Crippen molar-refractivity contribution in [2.24, 2.45) is 12.8 Å². The van der Waals surface area contributed by atoms with Gasteiger partial charge in [0.15, 0.2) is 0 Å². The van der Waals surface area contributed by atoms with Crippen LogP contribution in [0, 0.1) is 0 Å². The molecular weight excluding hydrogens is 240 g/mol. The van der Waals surface area contributed by atoms with Crippen LogP contribution in [0.3, 0.4) is 0 Å². The summed E-state index contributed by atoms with van der Waals surface area (Å²) < 4.78 is 7.71. The van der Waals surface area contributed by atoms with Gasteiger partial charge in [-0.05, 0) is 32.7 Å². The van der Waals surface area contributed by atoms with E-state index in [9.17, 15) is 0 Å². The fourth-order valence-corrected chi connectivity index (χ4v) is 2.63. The van der Waals surface area contributed by atoms with Crippen LogP contribution in [0.25, 0.3) is 0 Å². The van der Waals surface area contributed by atoms with Crippen molar-refractivity contribution in [3.63, 3.8) is 0 Å². The molecule has 0 saturated carbocycles. The molecule has 0 aliphatic carbocycles. The van der Waals surface area contributed by atoms with Crippen molar-refractivity contribution in [3.05, 3.63) is 18.0 Å². The van der Waals surface area contributed by atoms with E-state index < -0.39 is 0 Å². The molecule has 1 aromatic heterocycles. The number of aromatic nitrogens is 2. The van der Waals surface area contributed by atoms with E-state index >= 15 is 0 Å². The zero-order valence-electron chi connectivity index (χ0n) is 12.1. The maximum Gasteiger partial charge on any atom is 0.0599 e. The molecule has 0 bridgehead atoms. The minimum atomic E-state index is 0.420. The van der Waals surface area contributed by atoms with Crippen molar-refractivity contribution in [2.75, 3.05) is 26.2 Å². The normalized spacial score (nSPS) is 19.7. The zero-order chi connectivity index (χ0) is 13.7. The van der Waals surface area contributed by atoms with Gasteiger partial charge in [-0.15, -0.1) is 0 Å². The van der Waals surface area contributed by atoms with Crippen LogP contribution >= 0.6 is 0 Å². The van der Waals surface area contributed by atoms with Gasteiger partial charge in [-0.1, -0.05) is 0 Å². The van der Waals surface area contributed by atoms with E-state index in [0.29, 0.717) is 12.1 Å². The Hall–Kier alpha value is -0.910. The summed E-state index contributed by atoms with van der Waals surface area (Å²) in [4.78, 5) is 2.51. The molecule has 0 amide bonds. The molecule has 5 nitrogen and oxygen atoms in total. The minimum absolute atomic E-state index is 0.420. The lowest BCUT2D eigenvalue weighted by Crippen LogP contribution is -2.38. The van der Waals surface area contributed by atoms with Gasteiger partial charge in [0.05, 0.1) is 12.3 Å². The molecule has 1 aliphatic rings. The molecule has 0 aromatic carbocycles. The molecule has 5 heteroatoms. The van der Waals surface area contributed by atoms with E-state index in [4.69, 9.17) is 10.5 Å². The van der Waals surface area contributed by atoms with Crippen molar-refractivity contribution in [1.29, 1.82) is 0 Å². The number of likely N-dealkylation sites (tertiary alicyclic amines) is 1. The van der Waals surface area contributed by atoms with Crippen LogP contribution < -0.4 is 5.73 Å². The van der Waals surface area contributed by atoms with Crippen molar-refractivity contribution < 1.29 is 4.74 Å². The van der Waals surface area contributed by atoms with Gasteiger partial charge < -0.3 is 10.5 Å². The largest absolute Gasteiger partial charge is 0.378 e. The summed E-state index contributed by atoms with van der Waals surface area (Å²) in [5.74, 6) is 0. The van der Waals surface area contributed by atoms with Crippen LogP contribution in [0.15, 0.2) is 12.4 Å². The molecule has 19 heavy (non-hydrogen) atoms. The maximum absolute atomic E-state index is 5.84. The summed E-state index contributed by atoms with van der Waals surface area (Å²) >= 11 is 0. The Morgan fingerprint density at radius 1 is 1.47 bits per heavy atom. The number of aryl methyl sites for hydroxylation is 1. The molecule has 1 saturated heterocycles. The molecule has 2 rings (SSSR count). The van der Waals surface area contributed by atoms with E-state index in [0.717, 1.165) is 45.5 Å². The highest BCUT2D eigenvalue weighted by molar-refractivity contribution is 5.09. The predicted octanol–water partition coefficient (Wildman–Crippen LogP) is 1.31. The number of piperidine rings is 1. The summed E-state index contributed by atoms with van der Waals surface area (Å²) in [6, 6.07) is 0.443. The van der Waals surface area contributed by atoms with Crippen molar-refractivity contribution in [2.45, 2.75) is 38.3 Å². The van der Waals surface area contributed by atoms with Crippen LogP contribution in [-0.4, -0.2) is 47.0 Å². The standard InChI is InChI=1S/C14H26N4O/c1-12(13-10-16-17(2)11-13)18-7-4-14(5-8-18)19-9-3-6-15/h10-12,14H,3-9,15H2,1-2H3. The van der Waals surface area contributed by atoms with E-state index in [1.807, 2.05) is 17.9 Å². The molecule has 2 N–H and O–H groups in total. The van der Waals surface area contributed by atoms with Gasteiger partial charge in [-0.25, -0.2) is 0 Å². The van der Waals surface area contributed by atoms with Crippen LogP contribution in [0.5, 0.6) is 0 Å². The monoisotopic (exact) mass is 266 g/mol. The lowest BCUT2D eigenvalue weighted by molar-refractivity contribution is -0.000752. The molecule has 108 valence electrons. The first-order valence-corrected chi connectivity index (χ1v) is 7.25. The Labute approximate surface area is 115 Å². The smallest absolute Gasteiger partial charge is 0.0599 e. The number of nitrogens with two attached hydrogens (primary N) is 1. The Morgan fingerprint density at radius 2 is 2.21 bits per heavy atom. The van der Waals surface area contributed by atoms with Crippen molar-refractivity contribution in [3.8, 4) is 0 Å². The summed E-state index contributed by atoms with van der Waals surface area (Å²) in [5.41, 5.74) is 6.77. The molecule has 1 aliphatic heterocycles. The first-order chi connectivity index (χ1) is 9.20. The van der Waals surface area contributed by atoms with Crippen molar-refractivity contribution in [1.82, 2.24) is 14.7 Å². The van der Waals surface area contributed by atoms with Gasteiger partial charge in [-0.3, -0.25) is 9.58 Å². The van der Waals surface area contributed by atoms with E-state index in [1.165, 1.54) is 5.56 Å². The third kappa shape index (κ3) is 4.03. The number of rotatable bonds is 6. The van der Waals surface area contributed by atoms with Crippen LogP contribution in [0.4, 0.5) is 0 Å². The summed E-state index contributed by atoms with van der Waals surface area (Å²) in [7, 11) is 1.97. The highest BCUT2D eigenvalue weighted by Gasteiger charge is 2.24. The topological polar surface area (TPSA) is 56.3 Å². The van der Waals surface area contributed by atoms with Gasteiger partial charge in [0.1, 0.15) is 0 Å². The SMILES string of the molecule is CC(c1cnn(C)c1)N1CCC(OCCCN)CC1. The van der Waals surface area contributed by atoms with Crippen LogP contribution in [-0.2, 0) is 11.8 Å². The number of ether oxygens (including phenoxy) is 1. The Bertz CT molecular complexity index is 371. The fraction of sp³-hybridized carbons (Fsp3) is 0.786. The summed E-state index contributed by atoms with van der Waals surface area (Å²) in [6.07, 6.45) is 7.70. The second-order valence-electron chi connectivity index (χ2n) is 5.37. The zero-order valence-corrected chi connectivity index (χ0v) is 12.1. The quantitative estimate of drug-likeness (QED) is 0.789. The molecule has 1 unspecified atom stereocenters. The van der Waals surface area contributed by atoms with Crippen LogP contribution in [0.1, 0.15) is 37.8 Å². The second-order valence-corrected chi connectivity index (χ2v) is 5.37. The summed E-state index contributed by atoms with van der Waals surface area (Å²) in [6.45, 7) is 5.98. The maximum atomic E-state index is 5.84. The average molecular weight is 266 g/mol. The van der Waals surface area contributed by atoms with E-state index in [-0.39, 0.29) is 0 Å². The second kappa shape index (κ2) is 7.03. The average Bonchev–Trinajstić information content (AvgIpc) is 2.86. The third-order valence-corrected chi connectivity index (χ3v) is 3.93. The Balaban J connectivity index is 1.76. The van der Waals surface area contributed by atoms with Gasteiger partial charge >= 0.3 is 0 Å². The first-order valence-electron chi connectivity index (χ1n) is 7.25. The molecule has 1 atom stereocenters. The minimum Gasteiger partial charge on any atom is -0.378 e.